The highest BCUT2D eigenvalue weighted by molar-refractivity contribution is 7.92. The molecule has 1 fully saturated rings. The summed E-state index contributed by atoms with van der Waals surface area (Å²) < 4.78 is 38.5. The van der Waals surface area contributed by atoms with Gasteiger partial charge in [0.05, 0.1) is 30.4 Å². The second-order valence-electron chi connectivity index (χ2n) is 12.0. The number of methoxy groups -OCH3 is 1. The van der Waals surface area contributed by atoms with Gasteiger partial charge in [-0.1, -0.05) is 39.8 Å². The third-order valence-electron chi connectivity index (χ3n) is 7.18. The maximum atomic E-state index is 12.1. The van der Waals surface area contributed by atoms with Crippen LogP contribution >= 0.6 is 0 Å². The Labute approximate surface area is 244 Å². The number of aromatic nitrogens is 1. The summed E-state index contributed by atoms with van der Waals surface area (Å²) in [5, 5.41) is 14.3. The van der Waals surface area contributed by atoms with Crippen LogP contribution in [0.5, 0.6) is 17.2 Å². The highest BCUT2D eigenvalue weighted by Gasteiger charge is 2.23. The fourth-order valence-electron chi connectivity index (χ4n) is 4.92. The van der Waals surface area contributed by atoms with Crippen molar-refractivity contribution in [1.82, 2.24) is 9.88 Å². The molecule has 4 rings (SSSR count). The predicted octanol–water partition coefficient (Wildman–Crippen LogP) is 5.80. The van der Waals surface area contributed by atoms with Gasteiger partial charge in [-0.3, -0.25) is 14.6 Å². The van der Waals surface area contributed by atoms with E-state index in [9.17, 15) is 13.5 Å². The lowest BCUT2D eigenvalue weighted by molar-refractivity contribution is 0.207. The number of pyridine rings is 1. The van der Waals surface area contributed by atoms with Gasteiger partial charge < -0.3 is 19.9 Å². The van der Waals surface area contributed by atoms with Gasteiger partial charge in [0.2, 0.25) is 10.0 Å². The summed E-state index contributed by atoms with van der Waals surface area (Å²) in [6.07, 6.45) is 2.93. The smallest absolute Gasteiger partial charge is 0.229 e. The number of nitrogens with zero attached hydrogens (tertiary/aromatic N) is 2. The van der Waals surface area contributed by atoms with Crippen LogP contribution in [0.3, 0.4) is 0 Å². The van der Waals surface area contributed by atoms with Crippen molar-refractivity contribution in [1.29, 1.82) is 0 Å². The van der Waals surface area contributed by atoms with Gasteiger partial charge in [0, 0.05) is 30.9 Å². The molecule has 9 nitrogen and oxygen atoms in total. The fourth-order valence-corrected chi connectivity index (χ4v) is 5.47. The normalized spacial score (nSPS) is 16.8. The minimum Gasteiger partial charge on any atom is -0.492 e. The zero-order valence-electron chi connectivity index (χ0n) is 25.0. The third kappa shape index (κ3) is 8.12. The van der Waals surface area contributed by atoms with Gasteiger partial charge in [0.1, 0.15) is 11.5 Å². The van der Waals surface area contributed by atoms with Gasteiger partial charge in [-0.05, 0) is 66.6 Å². The number of anilines is 2. The maximum absolute atomic E-state index is 12.1. The molecule has 1 aliphatic rings. The zero-order chi connectivity index (χ0) is 29.9. The van der Waals surface area contributed by atoms with Gasteiger partial charge in [-0.15, -0.1) is 0 Å². The number of aliphatic hydroxyl groups is 1. The van der Waals surface area contributed by atoms with Crippen LogP contribution in [0.1, 0.15) is 62.7 Å². The molecule has 3 N–H and O–H groups in total. The average Bonchev–Trinajstić information content (AvgIpc) is 3.28. The first-order valence-electron chi connectivity index (χ1n) is 13.8. The number of rotatable bonds is 10. The lowest BCUT2D eigenvalue weighted by Crippen LogP contribution is -2.20. The molecule has 1 aliphatic heterocycles. The highest BCUT2D eigenvalue weighted by atomic mass is 32.2. The van der Waals surface area contributed by atoms with Crippen LogP contribution in [0, 0.1) is 12.8 Å². The van der Waals surface area contributed by atoms with Crippen LogP contribution in [-0.4, -0.2) is 49.9 Å². The molecule has 1 unspecified atom stereocenters. The van der Waals surface area contributed by atoms with E-state index in [0.717, 1.165) is 42.7 Å². The summed E-state index contributed by atoms with van der Waals surface area (Å²) in [5.41, 5.74) is 3.77. The maximum Gasteiger partial charge on any atom is 0.229 e. The minimum absolute atomic E-state index is 0.280. The topological polar surface area (TPSA) is 113 Å². The monoisotopic (exact) mass is 582 g/mol. The number of hydrogen-bond acceptors (Lipinski definition) is 8. The summed E-state index contributed by atoms with van der Waals surface area (Å²) >= 11 is 0. The second kappa shape index (κ2) is 12.3. The van der Waals surface area contributed by atoms with E-state index < -0.39 is 16.3 Å². The van der Waals surface area contributed by atoms with E-state index in [-0.39, 0.29) is 11.2 Å². The Morgan fingerprint density at radius 1 is 1.15 bits per heavy atom. The largest absolute Gasteiger partial charge is 0.492 e. The third-order valence-corrected chi connectivity index (χ3v) is 7.77. The van der Waals surface area contributed by atoms with E-state index in [1.165, 1.54) is 13.5 Å². The summed E-state index contributed by atoms with van der Waals surface area (Å²) in [6, 6.07) is 12.9. The van der Waals surface area contributed by atoms with Crippen molar-refractivity contribution < 1.29 is 23.0 Å². The number of likely N-dealkylation sites (tertiary alicyclic amines) is 1. The van der Waals surface area contributed by atoms with Crippen molar-refractivity contribution in [2.24, 2.45) is 5.92 Å². The molecule has 0 saturated carbocycles. The highest BCUT2D eigenvalue weighted by Crippen LogP contribution is 2.40. The van der Waals surface area contributed by atoms with Gasteiger partial charge in [-0.25, -0.2) is 8.42 Å². The van der Waals surface area contributed by atoms with E-state index in [2.05, 4.69) is 26.8 Å². The first-order chi connectivity index (χ1) is 19.2. The standard InChI is InChI=1S/C31H42N4O5S/c1-20-11-13-35(18-20)19-24-17-25(10-12-32-24)40-28-14-22(9-8-21(28)2)30(36)33-26-15-23(31(3,4)5)16-27(29(26)39-6)34-41(7,37)38/h8-10,12,14-17,20,30,33-34,36H,11,13,18-19H2,1-7H3/t20-,30?/m1/s1. The van der Waals surface area contributed by atoms with Crippen molar-refractivity contribution in [3.05, 3.63) is 71.0 Å². The quantitative estimate of drug-likeness (QED) is 0.257. The summed E-state index contributed by atoms with van der Waals surface area (Å²) in [5.74, 6) is 2.28. The van der Waals surface area contributed by atoms with Crippen LogP contribution in [0.15, 0.2) is 48.7 Å². The molecule has 0 spiro atoms. The van der Waals surface area contributed by atoms with E-state index in [1.807, 2.05) is 58.0 Å². The van der Waals surface area contributed by atoms with E-state index >= 15 is 0 Å². The molecule has 0 aliphatic carbocycles. The number of ether oxygens (including phenoxy) is 2. The Hall–Kier alpha value is -3.34. The SMILES string of the molecule is COc1c(NC(O)c2ccc(C)c(Oc3ccnc(CN4CC[C@@H](C)C4)c3)c2)cc(C(C)(C)C)cc1NS(C)(=O)=O. The Morgan fingerprint density at radius 2 is 1.88 bits per heavy atom. The number of hydrogen-bond donors (Lipinski definition) is 3. The fraction of sp³-hybridized carbons (Fsp3) is 0.452. The molecule has 0 bridgehead atoms. The molecule has 10 heteroatoms. The number of sulfonamides is 1. The molecule has 0 radical (unpaired) electrons. The number of aryl methyl sites for hydroxylation is 1. The number of benzene rings is 2. The number of nitrogens with one attached hydrogen (secondary N) is 2. The van der Waals surface area contributed by atoms with Crippen LogP contribution < -0.4 is 19.5 Å². The lowest BCUT2D eigenvalue weighted by atomic mass is 9.86. The van der Waals surface area contributed by atoms with E-state index in [0.29, 0.717) is 34.4 Å². The summed E-state index contributed by atoms with van der Waals surface area (Å²) in [6.45, 7) is 13.2. The van der Waals surface area contributed by atoms with Crippen molar-refractivity contribution >= 4 is 21.4 Å². The molecule has 222 valence electrons. The number of aliphatic hydroxyl groups excluding tert-OH is 1. The Kier molecular flexibility index (Phi) is 9.16. The summed E-state index contributed by atoms with van der Waals surface area (Å²) in [7, 11) is -2.11. The molecular weight excluding hydrogens is 540 g/mol. The zero-order valence-corrected chi connectivity index (χ0v) is 25.8. The van der Waals surface area contributed by atoms with E-state index in [4.69, 9.17) is 9.47 Å². The van der Waals surface area contributed by atoms with Crippen molar-refractivity contribution in [3.8, 4) is 17.2 Å². The summed E-state index contributed by atoms with van der Waals surface area (Å²) in [4.78, 5) is 6.94. The predicted molar refractivity (Wildman–Crippen MR) is 163 cm³/mol. The average molecular weight is 583 g/mol. The first-order valence-corrected chi connectivity index (χ1v) is 15.7. The lowest BCUT2D eigenvalue weighted by Gasteiger charge is -2.25. The van der Waals surface area contributed by atoms with Crippen molar-refractivity contribution in [3.63, 3.8) is 0 Å². The van der Waals surface area contributed by atoms with Gasteiger partial charge in [-0.2, -0.15) is 0 Å². The van der Waals surface area contributed by atoms with Crippen LogP contribution in [-0.2, 0) is 22.0 Å². The Bertz CT molecular complexity index is 1490. The first kappa shape index (κ1) is 30.6. The van der Waals surface area contributed by atoms with Gasteiger partial charge in [0.25, 0.3) is 0 Å². The van der Waals surface area contributed by atoms with Crippen molar-refractivity contribution in [2.75, 3.05) is 36.5 Å². The molecule has 41 heavy (non-hydrogen) atoms. The second-order valence-corrected chi connectivity index (χ2v) is 13.8. The molecular formula is C31H42N4O5S. The molecule has 2 aromatic carbocycles. The van der Waals surface area contributed by atoms with E-state index in [1.54, 1.807) is 18.3 Å². The molecule has 2 atom stereocenters. The molecule has 0 amide bonds. The van der Waals surface area contributed by atoms with Gasteiger partial charge >= 0.3 is 0 Å². The molecule has 3 aromatic rings. The van der Waals surface area contributed by atoms with Crippen LogP contribution in [0.4, 0.5) is 11.4 Å². The Morgan fingerprint density at radius 3 is 2.51 bits per heavy atom. The molecule has 1 saturated heterocycles. The minimum atomic E-state index is -3.57. The van der Waals surface area contributed by atoms with Gasteiger partial charge in [0.15, 0.2) is 12.0 Å². The van der Waals surface area contributed by atoms with Crippen molar-refractivity contribution in [2.45, 2.75) is 59.2 Å². The van der Waals surface area contributed by atoms with Crippen LogP contribution in [0.2, 0.25) is 0 Å². The van der Waals surface area contributed by atoms with Crippen LogP contribution in [0.25, 0.3) is 0 Å². The molecule has 1 aromatic heterocycles. The molecule has 2 heterocycles. The Balaban J connectivity index is 1.58.